The molecule has 0 aliphatic rings. The highest BCUT2D eigenvalue weighted by Crippen LogP contribution is 2.08. The zero-order valence-electron chi connectivity index (χ0n) is 7.93. The first-order valence-corrected chi connectivity index (χ1v) is 8.79. The third-order valence-corrected chi connectivity index (χ3v) is 4.75. The zero-order valence-corrected chi connectivity index (χ0v) is 10.8. The van der Waals surface area contributed by atoms with Crippen LogP contribution in [0.5, 0.6) is 0 Å². The van der Waals surface area contributed by atoms with Gasteiger partial charge in [-0.05, 0) is 5.56 Å². The van der Waals surface area contributed by atoms with Crippen molar-refractivity contribution >= 4 is 29.4 Å². The van der Waals surface area contributed by atoms with Gasteiger partial charge < -0.3 is 0 Å². The van der Waals surface area contributed by atoms with Crippen LogP contribution >= 0.6 is 0 Å². The smallest absolute Gasteiger partial charge is 0.0517 e. The van der Waals surface area contributed by atoms with E-state index in [1.54, 1.807) is 5.19 Å². The summed E-state index contributed by atoms with van der Waals surface area (Å²) in [6.45, 7) is 8.67. The van der Waals surface area contributed by atoms with E-state index in [1.807, 2.05) is 0 Å². The van der Waals surface area contributed by atoms with E-state index >= 15 is 0 Å². The van der Waals surface area contributed by atoms with Crippen molar-refractivity contribution in [3.8, 4) is 0 Å². The molecule has 1 aromatic rings. The molecule has 0 aliphatic heterocycles. The molecule has 0 atom stereocenters. The minimum Gasteiger partial charge on any atom is -0.0999 e. The first kappa shape index (κ1) is 9.48. The SMILES string of the molecule is C=C([SiH2]C)c1ccc([SiH2]C)cc1. The van der Waals surface area contributed by atoms with E-state index in [0.717, 1.165) is 0 Å². The van der Waals surface area contributed by atoms with Crippen LogP contribution in [0, 0.1) is 0 Å². The van der Waals surface area contributed by atoms with Crippen molar-refractivity contribution in [1.82, 2.24) is 0 Å². The normalized spacial score (nSPS) is 11.8. The highest BCUT2D eigenvalue weighted by Gasteiger charge is 1.95. The summed E-state index contributed by atoms with van der Waals surface area (Å²) in [5.41, 5.74) is 1.36. The maximum Gasteiger partial charge on any atom is 0.0517 e. The van der Waals surface area contributed by atoms with Gasteiger partial charge in [-0.15, -0.1) is 0 Å². The van der Waals surface area contributed by atoms with Gasteiger partial charge in [0.15, 0.2) is 0 Å². The molecule has 0 radical (unpaired) electrons. The summed E-state index contributed by atoms with van der Waals surface area (Å²) < 4.78 is 0. The van der Waals surface area contributed by atoms with Gasteiger partial charge in [-0.3, -0.25) is 0 Å². The van der Waals surface area contributed by atoms with Crippen LogP contribution in [0.4, 0.5) is 0 Å². The van der Waals surface area contributed by atoms with Crippen LogP contribution in [-0.4, -0.2) is 19.0 Å². The Labute approximate surface area is 79.4 Å². The van der Waals surface area contributed by atoms with Crippen LogP contribution in [0.25, 0.3) is 5.20 Å². The fourth-order valence-electron chi connectivity index (χ4n) is 1.18. The number of hydrogen-bond donors (Lipinski definition) is 0. The fourth-order valence-corrected chi connectivity index (χ4v) is 2.53. The first-order chi connectivity index (χ1) is 5.77. The van der Waals surface area contributed by atoms with E-state index in [9.17, 15) is 0 Å². The summed E-state index contributed by atoms with van der Waals surface area (Å²) in [6.07, 6.45) is 0. The summed E-state index contributed by atoms with van der Waals surface area (Å²) in [5, 5.41) is 2.92. The molecule has 64 valence electrons. The van der Waals surface area contributed by atoms with Crippen molar-refractivity contribution < 1.29 is 0 Å². The highest BCUT2D eigenvalue weighted by atomic mass is 28.2. The van der Waals surface area contributed by atoms with E-state index in [-0.39, 0.29) is 19.0 Å². The average Bonchev–Trinajstić information content (AvgIpc) is 2.17. The van der Waals surface area contributed by atoms with Gasteiger partial charge in [-0.1, -0.05) is 54.3 Å². The van der Waals surface area contributed by atoms with Crippen molar-refractivity contribution in [3.63, 3.8) is 0 Å². The molecule has 12 heavy (non-hydrogen) atoms. The summed E-state index contributed by atoms with van der Waals surface area (Å²) in [5.74, 6) is 0. The van der Waals surface area contributed by atoms with Gasteiger partial charge >= 0.3 is 0 Å². The van der Waals surface area contributed by atoms with Crippen molar-refractivity contribution in [3.05, 3.63) is 36.4 Å². The van der Waals surface area contributed by atoms with Crippen molar-refractivity contribution in [2.75, 3.05) is 0 Å². The van der Waals surface area contributed by atoms with Crippen LogP contribution in [0.2, 0.25) is 13.1 Å². The summed E-state index contributed by atoms with van der Waals surface area (Å²) >= 11 is 0. The van der Waals surface area contributed by atoms with Gasteiger partial charge in [0, 0.05) is 0 Å². The molecule has 0 aliphatic carbocycles. The monoisotopic (exact) mass is 192 g/mol. The first-order valence-electron chi connectivity index (χ1n) is 4.55. The average molecular weight is 192 g/mol. The largest absolute Gasteiger partial charge is 0.0999 e. The van der Waals surface area contributed by atoms with Gasteiger partial charge in [-0.2, -0.15) is 0 Å². The molecular formula is C10H16Si2. The van der Waals surface area contributed by atoms with Crippen LogP contribution in [0.3, 0.4) is 0 Å². The zero-order chi connectivity index (χ0) is 8.97. The number of rotatable bonds is 3. The fraction of sp³-hybridized carbons (Fsp3) is 0.200. The molecule has 0 amide bonds. The van der Waals surface area contributed by atoms with Crippen molar-refractivity contribution in [2.45, 2.75) is 13.1 Å². The van der Waals surface area contributed by atoms with Gasteiger partial charge in [0.1, 0.15) is 0 Å². The Morgan fingerprint density at radius 1 is 1.17 bits per heavy atom. The van der Waals surface area contributed by atoms with E-state index < -0.39 is 0 Å². The Hall–Kier alpha value is -0.606. The molecule has 2 heteroatoms. The predicted molar refractivity (Wildman–Crippen MR) is 63.9 cm³/mol. The molecule has 0 aromatic heterocycles. The molecule has 0 saturated heterocycles. The molecule has 0 heterocycles. The number of benzene rings is 1. The maximum atomic E-state index is 4.07. The molecule has 1 aromatic carbocycles. The second-order valence-corrected chi connectivity index (χ2v) is 6.09. The van der Waals surface area contributed by atoms with Crippen molar-refractivity contribution in [2.24, 2.45) is 0 Å². The summed E-state index contributed by atoms with van der Waals surface area (Å²) in [7, 11) is -0.0355. The van der Waals surface area contributed by atoms with E-state index in [0.29, 0.717) is 0 Å². The Balaban J connectivity index is 2.84. The molecule has 0 fully saturated rings. The minimum atomic E-state index is -0.0616. The lowest BCUT2D eigenvalue weighted by Gasteiger charge is -2.02. The van der Waals surface area contributed by atoms with Crippen LogP contribution in [0.15, 0.2) is 30.8 Å². The van der Waals surface area contributed by atoms with Gasteiger partial charge in [0.2, 0.25) is 0 Å². The topological polar surface area (TPSA) is 0 Å². The van der Waals surface area contributed by atoms with Crippen LogP contribution in [-0.2, 0) is 0 Å². The molecule has 0 N–H and O–H groups in total. The molecule has 0 bridgehead atoms. The second kappa shape index (κ2) is 4.43. The lowest BCUT2D eigenvalue weighted by Crippen LogP contribution is -2.09. The lowest BCUT2D eigenvalue weighted by molar-refractivity contribution is 1.69. The van der Waals surface area contributed by atoms with E-state index in [4.69, 9.17) is 0 Å². The molecule has 0 unspecified atom stereocenters. The quantitative estimate of drug-likeness (QED) is 0.619. The van der Waals surface area contributed by atoms with Crippen LogP contribution < -0.4 is 5.19 Å². The van der Waals surface area contributed by atoms with E-state index in [1.165, 1.54) is 10.8 Å². The Morgan fingerprint density at radius 2 is 1.75 bits per heavy atom. The van der Waals surface area contributed by atoms with Gasteiger partial charge in [0.05, 0.1) is 19.0 Å². The third kappa shape index (κ3) is 2.19. The second-order valence-electron chi connectivity index (χ2n) is 3.01. The van der Waals surface area contributed by atoms with Crippen molar-refractivity contribution in [1.29, 1.82) is 0 Å². The summed E-state index contributed by atoms with van der Waals surface area (Å²) in [4.78, 5) is 0. The van der Waals surface area contributed by atoms with Crippen LogP contribution in [0.1, 0.15) is 5.56 Å². The Kier molecular flexibility index (Phi) is 3.50. The standard InChI is InChI=1S/C10H16Si2/c1-8(11-2)9-4-6-10(12-3)7-5-9/h4-7H,1,11-12H2,2-3H3. The molecule has 1 rings (SSSR count). The van der Waals surface area contributed by atoms with Gasteiger partial charge in [-0.25, -0.2) is 0 Å². The Morgan fingerprint density at radius 3 is 2.17 bits per heavy atom. The lowest BCUT2D eigenvalue weighted by atomic mass is 10.2. The molecule has 0 spiro atoms. The maximum absolute atomic E-state index is 4.07. The minimum absolute atomic E-state index is 0.0261. The molecule has 0 nitrogen and oxygen atoms in total. The predicted octanol–water partition coefficient (Wildman–Crippen LogP) is 0.716. The molecular weight excluding hydrogens is 176 g/mol. The van der Waals surface area contributed by atoms with Gasteiger partial charge in [0.25, 0.3) is 0 Å². The number of hydrogen-bond acceptors (Lipinski definition) is 0. The highest BCUT2D eigenvalue weighted by molar-refractivity contribution is 6.59. The molecule has 0 saturated carbocycles. The summed E-state index contributed by atoms with van der Waals surface area (Å²) in [6, 6.07) is 8.98. The van der Waals surface area contributed by atoms with E-state index in [2.05, 4.69) is 43.9 Å². The third-order valence-electron chi connectivity index (χ3n) is 2.20. The Bertz CT molecular complexity index is 262.